The van der Waals surface area contributed by atoms with Gasteiger partial charge in [0.2, 0.25) is 0 Å². The molecule has 5 heteroatoms. The lowest BCUT2D eigenvalue weighted by Gasteiger charge is -2.39. The van der Waals surface area contributed by atoms with Crippen molar-refractivity contribution in [1.29, 1.82) is 5.26 Å². The summed E-state index contributed by atoms with van der Waals surface area (Å²) in [4.78, 5) is 27.3. The van der Waals surface area contributed by atoms with E-state index in [2.05, 4.69) is 18.0 Å². The summed E-state index contributed by atoms with van der Waals surface area (Å²) in [5.74, 6) is -0.569. The highest BCUT2D eigenvalue weighted by atomic mass is 16.2. The number of hydrogen-bond donors (Lipinski definition) is 1. The van der Waals surface area contributed by atoms with Gasteiger partial charge in [-0.25, -0.2) is 0 Å². The summed E-state index contributed by atoms with van der Waals surface area (Å²) in [6, 6.07) is 16.9. The van der Waals surface area contributed by atoms with E-state index in [1.165, 1.54) is 4.90 Å². The molecule has 28 heavy (non-hydrogen) atoms. The maximum atomic E-state index is 13.1. The van der Waals surface area contributed by atoms with Crippen LogP contribution in [-0.4, -0.2) is 29.3 Å². The molecule has 0 aliphatic carbocycles. The summed E-state index contributed by atoms with van der Waals surface area (Å²) in [7, 11) is 1.58. The van der Waals surface area contributed by atoms with E-state index in [0.717, 1.165) is 11.1 Å². The Bertz CT molecular complexity index is 1020. The fourth-order valence-corrected chi connectivity index (χ4v) is 3.44. The molecule has 2 aromatic rings. The number of nitrogens with one attached hydrogen (secondary N) is 1. The minimum absolute atomic E-state index is 0.196. The maximum Gasteiger partial charge on any atom is 0.268 e. The Labute approximate surface area is 164 Å². The van der Waals surface area contributed by atoms with Gasteiger partial charge < -0.3 is 10.2 Å². The van der Waals surface area contributed by atoms with Crippen LogP contribution in [0.25, 0.3) is 12.2 Å². The molecule has 140 valence electrons. The summed E-state index contributed by atoms with van der Waals surface area (Å²) in [6.07, 6.45) is 3.59. The van der Waals surface area contributed by atoms with Gasteiger partial charge in [-0.1, -0.05) is 55.1 Å². The third kappa shape index (κ3) is 3.45. The highest BCUT2D eigenvalue weighted by molar-refractivity contribution is 6.09. The van der Waals surface area contributed by atoms with Crippen molar-refractivity contribution in [3.63, 3.8) is 0 Å². The van der Waals surface area contributed by atoms with E-state index in [1.54, 1.807) is 38.3 Å². The number of rotatable bonds is 4. The predicted molar refractivity (Wildman–Crippen MR) is 109 cm³/mol. The number of piperazine rings is 1. The molecule has 0 bridgehead atoms. The van der Waals surface area contributed by atoms with Crippen LogP contribution in [0.4, 0.5) is 0 Å². The zero-order valence-corrected chi connectivity index (χ0v) is 15.9. The van der Waals surface area contributed by atoms with Gasteiger partial charge in [-0.05, 0) is 30.2 Å². The summed E-state index contributed by atoms with van der Waals surface area (Å²) in [6.45, 7) is 5.49. The topological polar surface area (TPSA) is 73.2 Å². The molecule has 1 N–H and O–H groups in total. The molecule has 1 fully saturated rings. The number of nitriles is 1. The summed E-state index contributed by atoms with van der Waals surface area (Å²) in [5, 5.41) is 12.3. The van der Waals surface area contributed by atoms with Crippen LogP contribution in [0.5, 0.6) is 0 Å². The van der Waals surface area contributed by atoms with Crippen LogP contribution in [0, 0.1) is 11.3 Å². The van der Waals surface area contributed by atoms with Gasteiger partial charge in [0, 0.05) is 19.0 Å². The molecule has 1 saturated heterocycles. The van der Waals surface area contributed by atoms with Crippen LogP contribution in [0.15, 0.2) is 60.8 Å². The predicted octanol–water partition coefficient (Wildman–Crippen LogP) is 3.13. The molecular weight excluding hydrogens is 350 g/mol. The first-order valence-corrected chi connectivity index (χ1v) is 8.91. The van der Waals surface area contributed by atoms with Crippen molar-refractivity contribution >= 4 is 24.0 Å². The molecule has 0 radical (unpaired) electrons. The van der Waals surface area contributed by atoms with Gasteiger partial charge in [-0.15, -0.1) is 0 Å². The van der Waals surface area contributed by atoms with Crippen LogP contribution in [0.3, 0.4) is 0 Å². The summed E-state index contributed by atoms with van der Waals surface area (Å²) < 4.78 is 0. The van der Waals surface area contributed by atoms with Gasteiger partial charge in [-0.3, -0.25) is 9.59 Å². The van der Waals surface area contributed by atoms with Crippen LogP contribution in [0.1, 0.15) is 29.2 Å². The minimum atomic E-state index is -1.04. The van der Waals surface area contributed by atoms with Crippen LogP contribution in [0.2, 0.25) is 0 Å². The van der Waals surface area contributed by atoms with Crippen LogP contribution in [-0.2, 0) is 16.0 Å². The van der Waals surface area contributed by atoms with E-state index in [9.17, 15) is 14.9 Å². The van der Waals surface area contributed by atoms with Crippen molar-refractivity contribution in [2.24, 2.45) is 0 Å². The van der Waals surface area contributed by atoms with Gasteiger partial charge in [0.1, 0.15) is 11.2 Å². The van der Waals surface area contributed by atoms with Gasteiger partial charge >= 0.3 is 0 Å². The van der Waals surface area contributed by atoms with Crippen molar-refractivity contribution in [3.8, 4) is 6.07 Å². The Morgan fingerprint density at radius 1 is 1.18 bits per heavy atom. The number of amides is 2. The molecule has 1 heterocycles. The second-order valence-corrected chi connectivity index (χ2v) is 6.97. The molecule has 0 saturated carbocycles. The number of hydrogen-bond acceptors (Lipinski definition) is 3. The van der Waals surface area contributed by atoms with E-state index in [-0.39, 0.29) is 17.5 Å². The zero-order valence-electron chi connectivity index (χ0n) is 15.9. The Morgan fingerprint density at radius 3 is 2.54 bits per heavy atom. The SMILES string of the molecule is C=Cc1cccc(C#N)c1C=C1C(=O)NC(C)(Cc2ccccc2)C(=O)N1C. The van der Waals surface area contributed by atoms with Crippen molar-refractivity contribution in [3.05, 3.63) is 83.1 Å². The lowest BCUT2D eigenvalue weighted by molar-refractivity contribution is -0.143. The largest absolute Gasteiger partial charge is 0.336 e. The molecular formula is C23H21N3O2. The normalized spacial score (nSPS) is 20.6. The third-order valence-corrected chi connectivity index (χ3v) is 4.92. The molecule has 1 aliphatic heterocycles. The Balaban J connectivity index is 1.99. The van der Waals surface area contributed by atoms with Gasteiger partial charge in [0.15, 0.2) is 0 Å². The molecule has 0 spiro atoms. The quantitative estimate of drug-likeness (QED) is 0.839. The van der Waals surface area contributed by atoms with E-state index >= 15 is 0 Å². The third-order valence-electron chi connectivity index (χ3n) is 4.92. The number of likely N-dealkylation sites (N-methyl/N-ethyl adjacent to an activating group) is 1. The number of benzene rings is 2. The van der Waals surface area contributed by atoms with Gasteiger partial charge in [0.25, 0.3) is 11.8 Å². The molecule has 2 aromatic carbocycles. The Kier molecular flexibility index (Phi) is 5.14. The smallest absolute Gasteiger partial charge is 0.268 e. The number of nitrogens with zero attached hydrogens (tertiary/aromatic N) is 2. The highest BCUT2D eigenvalue weighted by Gasteiger charge is 2.44. The van der Waals surface area contributed by atoms with E-state index < -0.39 is 5.54 Å². The maximum absolute atomic E-state index is 13.1. The lowest BCUT2D eigenvalue weighted by atomic mass is 9.88. The van der Waals surface area contributed by atoms with Crippen molar-refractivity contribution < 1.29 is 9.59 Å². The standard InChI is InChI=1S/C23H21N3O2/c1-4-17-11-8-12-18(15-24)19(17)13-20-21(27)25-23(2,22(28)26(20)3)14-16-9-6-5-7-10-16/h4-13H,1,14H2,2-3H3,(H,25,27). The van der Waals surface area contributed by atoms with Gasteiger partial charge in [-0.2, -0.15) is 5.26 Å². The molecule has 1 aliphatic rings. The second kappa shape index (κ2) is 7.53. The monoisotopic (exact) mass is 371 g/mol. The summed E-state index contributed by atoms with van der Waals surface area (Å²) in [5.41, 5.74) is 1.82. The Morgan fingerprint density at radius 2 is 1.89 bits per heavy atom. The molecule has 1 atom stereocenters. The van der Waals surface area contributed by atoms with Crippen molar-refractivity contribution in [2.75, 3.05) is 7.05 Å². The second-order valence-electron chi connectivity index (χ2n) is 6.97. The van der Waals surface area contributed by atoms with Crippen molar-refractivity contribution in [2.45, 2.75) is 18.9 Å². The number of carbonyl (C=O) groups excluding carboxylic acids is 2. The minimum Gasteiger partial charge on any atom is -0.336 e. The Hall–Kier alpha value is -3.65. The van der Waals surface area contributed by atoms with E-state index in [0.29, 0.717) is 17.5 Å². The highest BCUT2D eigenvalue weighted by Crippen LogP contribution is 2.27. The molecule has 3 rings (SSSR count). The average molecular weight is 371 g/mol. The fourth-order valence-electron chi connectivity index (χ4n) is 3.44. The lowest BCUT2D eigenvalue weighted by Crippen LogP contribution is -2.64. The first-order valence-electron chi connectivity index (χ1n) is 8.91. The number of carbonyl (C=O) groups is 2. The molecule has 2 amide bonds. The van der Waals surface area contributed by atoms with E-state index in [1.807, 2.05) is 36.4 Å². The van der Waals surface area contributed by atoms with Gasteiger partial charge in [0.05, 0.1) is 11.6 Å². The first-order chi connectivity index (χ1) is 13.4. The zero-order chi connectivity index (χ0) is 20.3. The molecule has 1 unspecified atom stereocenters. The van der Waals surface area contributed by atoms with Crippen LogP contribution < -0.4 is 5.32 Å². The van der Waals surface area contributed by atoms with E-state index in [4.69, 9.17) is 0 Å². The molecule has 5 nitrogen and oxygen atoms in total. The molecule has 0 aromatic heterocycles. The van der Waals surface area contributed by atoms with Crippen LogP contribution >= 0.6 is 0 Å². The first kappa shape index (κ1) is 19.1. The fraction of sp³-hybridized carbons (Fsp3) is 0.174. The van der Waals surface area contributed by atoms with Crippen molar-refractivity contribution in [1.82, 2.24) is 10.2 Å². The summed E-state index contributed by atoms with van der Waals surface area (Å²) >= 11 is 0. The average Bonchev–Trinajstić information content (AvgIpc) is 2.70.